The van der Waals surface area contributed by atoms with Gasteiger partial charge in [0.05, 0.1) is 22.8 Å². The van der Waals surface area contributed by atoms with Gasteiger partial charge in [0.15, 0.2) is 0 Å². The Morgan fingerprint density at radius 2 is 1.63 bits per heavy atom. The third-order valence-corrected chi connectivity index (χ3v) is 6.91. The summed E-state index contributed by atoms with van der Waals surface area (Å²) < 4.78 is 63.5. The molecule has 0 aliphatic heterocycles. The van der Waals surface area contributed by atoms with Gasteiger partial charge in [0.1, 0.15) is 12.5 Å². The number of pyridine rings is 1. The van der Waals surface area contributed by atoms with Crippen LogP contribution in [0, 0.1) is 0 Å². The number of hydrogen-bond donors (Lipinski definition) is 0. The zero-order chi connectivity index (χ0) is 29.0. The highest BCUT2D eigenvalue weighted by atomic mass is 35.5. The standard InChI is InChI=1S/C31H24ClF3N2O3S/c1-38-19-37-25-18-21(32)15-16-23(25)27(28(37)24-14-8-9-17-36-24)26(20-10-4-2-5-11-20)29(31(33,34)35)40-30(41)39-22-12-6-3-7-13-22/h2-18,26,29H,19H2,1H3. The highest BCUT2D eigenvalue weighted by molar-refractivity contribution is 7.79. The van der Waals surface area contributed by atoms with E-state index in [1.165, 1.54) is 7.11 Å². The number of thiocarbonyl (C=S) groups is 1. The van der Waals surface area contributed by atoms with Crippen molar-refractivity contribution >= 4 is 40.0 Å². The Morgan fingerprint density at radius 1 is 0.951 bits per heavy atom. The molecular weight excluding hydrogens is 573 g/mol. The minimum Gasteiger partial charge on any atom is -0.443 e. The van der Waals surface area contributed by atoms with Gasteiger partial charge in [0, 0.05) is 35.9 Å². The molecule has 0 saturated carbocycles. The zero-order valence-corrected chi connectivity index (χ0v) is 23.3. The fourth-order valence-corrected chi connectivity index (χ4v) is 5.26. The topological polar surface area (TPSA) is 45.5 Å². The van der Waals surface area contributed by atoms with Crippen LogP contribution in [0.4, 0.5) is 13.2 Å². The molecule has 41 heavy (non-hydrogen) atoms. The first-order valence-corrected chi connectivity index (χ1v) is 13.3. The van der Waals surface area contributed by atoms with Gasteiger partial charge < -0.3 is 18.8 Å². The summed E-state index contributed by atoms with van der Waals surface area (Å²) in [6, 6.07) is 26.9. The first-order valence-electron chi connectivity index (χ1n) is 12.5. The number of rotatable bonds is 8. The molecule has 2 aromatic heterocycles. The summed E-state index contributed by atoms with van der Waals surface area (Å²) in [5.74, 6) is -1.12. The van der Waals surface area contributed by atoms with E-state index in [2.05, 4.69) is 4.98 Å². The lowest BCUT2D eigenvalue weighted by molar-refractivity contribution is -0.204. The summed E-state index contributed by atoms with van der Waals surface area (Å²) in [4.78, 5) is 4.50. The van der Waals surface area contributed by atoms with E-state index in [1.807, 2.05) is 0 Å². The molecule has 0 saturated heterocycles. The van der Waals surface area contributed by atoms with Crippen LogP contribution in [0.2, 0.25) is 5.02 Å². The summed E-state index contributed by atoms with van der Waals surface area (Å²) in [5, 5.41) is 0.306. The Bertz CT molecular complexity index is 1630. The van der Waals surface area contributed by atoms with Gasteiger partial charge in [0.25, 0.3) is 0 Å². The maximum atomic E-state index is 15.1. The molecule has 0 N–H and O–H groups in total. The van der Waals surface area contributed by atoms with E-state index >= 15 is 13.2 Å². The Hall–Kier alpha value is -3.92. The van der Waals surface area contributed by atoms with Crippen molar-refractivity contribution < 1.29 is 27.4 Å². The maximum absolute atomic E-state index is 15.1. The largest absolute Gasteiger partial charge is 0.443 e. The molecule has 0 amide bonds. The van der Waals surface area contributed by atoms with Crippen LogP contribution in [0.1, 0.15) is 17.0 Å². The molecule has 2 unspecified atom stereocenters. The van der Waals surface area contributed by atoms with Crippen LogP contribution in [0.15, 0.2) is 103 Å². The molecule has 210 valence electrons. The van der Waals surface area contributed by atoms with Crippen LogP contribution in [-0.2, 0) is 16.2 Å². The highest BCUT2D eigenvalue weighted by Gasteiger charge is 2.50. The molecule has 3 aromatic carbocycles. The van der Waals surface area contributed by atoms with E-state index in [0.29, 0.717) is 38.4 Å². The molecule has 2 heterocycles. The normalized spacial score (nSPS) is 13.1. The van der Waals surface area contributed by atoms with Gasteiger partial charge in [-0.3, -0.25) is 4.98 Å². The van der Waals surface area contributed by atoms with Crippen LogP contribution in [0.5, 0.6) is 5.75 Å². The molecule has 0 aliphatic rings. The second-order valence-corrected chi connectivity index (χ2v) is 9.89. The predicted molar refractivity (Wildman–Crippen MR) is 156 cm³/mol. The average molecular weight is 597 g/mol. The van der Waals surface area contributed by atoms with Crippen molar-refractivity contribution in [3.8, 4) is 17.1 Å². The highest BCUT2D eigenvalue weighted by Crippen LogP contribution is 2.47. The maximum Gasteiger partial charge on any atom is 0.426 e. The second-order valence-electron chi connectivity index (χ2n) is 9.12. The molecular formula is C31H24ClF3N2O3S. The van der Waals surface area contributed by atoms with E-state index in [-0.39, 0.29) is 12.5 Å². The van der Waals surface area contributed by atoms with Gasteiger partial charge in [-0.15, -0.1) is 0 Å². The number of benzene rings is 3. The van der Waals surface area contributed by atoms with E-state index in [1.54, 1.807) is 108 Å². The molecule has 0 fully saturated rings. The van der Waals surface area contributed by atoms with Crippen LogP contribution < -0.4 is 4.74 Å². The summed E-state index contributed by atoms with van der Waals surface area (Å²) in [5.41, 5.74) is 2.17. The van der Waals surface area contributed by atoms with E-state index < -0.39 is 23.4 Å². The van der Waals surface area contributed by atoms with Gasteiger partial charge in [-0.2, -0.15) is 13.2 Å². The van der Waals surface area contributed by atoms with Crippen molar-refractivity contribution in [3.05, 3.63) is 119 Å². The minimum atomic E-state index is -4.85. The molecule has 0 aliphatic carbocycles. The minimum absolute atomic E-state index is 0.0390. The molecule has 5 nitrogen and oxygen atoms in total. The van der Waals surface area contributed by atoms with Gasteiger partial charge in [0.2, 0.25) is 6.10 Å². The Morgan fingerprint density at radius 3 is 2.27 bits per heavy atom. The van der Waals surface area contributed by atoms with Gasteiger partial charge >= 0.3 is 11.4 Å². The lowest BCUT2D eigenvalue weighted by Crippen LogP contribution is -2.40. The SMILES string of the molecule is COCn1c(-c2ccccn2)c(C(c2ccccc2)C(OC(=S)Oc2ccccc2)C(F)(F)F)c2ccc(Cl)cc21. The van der Waals surface area contributed by atoms with Crippen LogP contribution >= 0.6 is 23.8 Å². The van der Waals surface area contributed by atoms with Crippen LogP contribution in [0.3, 0.4) is 0 Å². The van der Waals surface area contributed by atoms with Crippen molar-refractivity contribution in [2.45, 2.75) is 24.9 Å². The average Bonchev–Trinajstić information content (AvgIpc) is 3.27. The van der Waals surface area contributed by atoms with Crippen molar-refractivity contribution in [1.29, 1.82) is 0 Å². The predicted octanol–water partition coefficient (Wildman–Crippen LogP) is 8.40. The fraction of sp³-hybridized carbons (Fsp3) is 0.161. The van der Waals surface area contributed by atoms with E-state index in [0.717, 1.165) is 0 Å². The van der Waals surface area contributed by atoms with E-state index in [4.69, 9.17) is 38.0 Å². The first-order chi connectivity index (χ1) is 19.8. The molecule has 0 spiro atoms. The van der Waals surface area contributed by atoms with Gasteiger partial charge in [-0.25, -0.2) is 0 Å². The molecule has 5 aromatic rings. The molecule has 10 heteroatoms. The third kappa shape index (κ3) is 6.22. The van der Waals surface area contributed by atoms with Crippen molar-refractivity contribution in [1.82, 2.24) is 9.55 Å². The molecule has 2 atom stereocenters. The number of methoxy groups -OCH3 is 1. The summed E-state index contributed by atoms with van der Waals surface area (Å²) in [6.45, 7) is 0.0390. The van der Waals surface area contributed by atoms with Crippen LogP contribution in [0.25, 0.3) is 22.3 Å². The summed E-state index contributed by atoms with van der Waals surface area (Å²) in [7, 11) is 1.51. The second kappa shape index (κ2) is 12.3. The number of alkyl halides is 3. The smallest absolute Gasteiger partial charge is 0.426 e. The van der Waals surface area contributed by atoms with Gasteiger partial charge in [-0.1, -0.05) is 72.3 Å². The number of ether oxygens (including phenoxy) is 3. The summed E-state index contributed by atoms with van der Waals surface area (Å²) >= 11 is 11.6. The van der Waals surface area contributed by atoms with Crippen molar-refractivity contribution in [3.63, 3.8) is 0 Å². The monoisotopic (exact) mass is 596 g/mol. The third-order valence-electron chi connectivity index (χ3n) is 6.49. The fourth-order valence-electron chi connectivity index (χ4n) is 4.90. The number of fused-ring (bicyclic) bond motifs is 1. The number of halogens is 4. The van der Waals surface area contributed by atoms with E-state index in [9.17, 15) is 0 Å². The number of para-hydroxylation sites is 1. The van der Waals surface area contributed by atoms with Crippen molar-refractivity contribution in [2.24, 2.45) is 0 Å². The van der Waals surface area contributed by atoms with Gasteiger partial charge in [-0.05, 0) is 47.5 Å². The number of nitrogens with zero attached hydrogens (tertiary/aromatic N) is 2. The zero-order valence-electron chi connectivity index (χ0n) is 21.7. The molecule has 0 radical (unpaired) electrons. The Kier molecular flexibility index (Phi) is 8.58. The summed E-state index contributed by atoms with van der Waals surface area (Å²) in [6.07, 6.45) is -5.69. The lowest BCUT2D eigenvalue weighted by Gasteiger charge is -2.30. The number of hydrogen-bond acceptors (Lipinski definition) is 5. The lowest BCUT2D eigenvalue weighted by atomic mass is 9.83. The first kappa shape index (κ1) is 28.6. The number of aromatic nitrogens is 2. The molecule has 5 rings (SSSR count). The Labute approximate surface area is 245 Å². The van der Waals surface area contributed by atoms with Crippen molar-refractivity contribution in [2.75, 3.05) is 7.11 Å². The molecule has 0 bridgehead atoms. The quantitative estimate of drug-likeness (QED) is 0.168. The van der Waals surface area contributed by atoms with Crippen LogP contribution in [-0.4, -0.2) is 34.2 Å². The Balaban J connectivity index is 1.77.